The SMILES string of the molecule is N#CC(C#N)=CN(N)c1ccc(C2=NNC(=O)CC2)cc1. The minimum absolute atomic E-state index is 0.0825. The molecule has 104 valence electrons. The molecule has 0 atom stereocenters. The second kappa shape index (κ2) is 6.33. The molecule has 0 unspecified atom stereocenters. The van der Waals surface area contributed by atoms with E-state index in [-0.39, 0.29) is 11.5 Å². The van der Waals surface area contributed by atoms with Crippen LogP contribution in [-0.4, -0.2) is 11.6 Å². The second-order valence-corrected chi connectivity index (χ2v) is 4.31. The van der Waals surface area contributed by atoms with Crippen LogP contribution >= 0.6 is 0 Å². The number of nitriles is 2. The van der Waals surface area contributed by atoms with E-state index in [1.165, 1.54) is 11.2 Å². The monoisotopic (exact) mass is 280 g/mol. The summed E-state index contributed by atoms with van der Waals surface area (Å²) in [6.45, 7) is 0. The molecule has 0 bridgehead atoms. The van der Waals surface area contributed by atoms with Crippen molar-refractivity contribution in [1.29, 1.82) is 10.5 Å². The highest BCUT2D eigenvalue weighted by Crippen LogP contribution is 2.16. The fourth-order valence-corrected chi connectivity index (χ4v) is 1.80. The summed E-state index contributed by atoms with van der Waals surface area (Å²) in [5, 5.41) is 22.6. The maximum absolute atomic E-state index is 11.0. The molecular weight excluding hydrogens is 268 g/mol. The van der Waals surface area contributed by atoms with Crippen molar-refractivity contribution < 1.29 is 4.79 Å². The highest BCUT2D eigenvalue weighted by Gasteiger charge is 2.13. The van der Waals surface area contributed by atoms with Crippen LogP contribution in [0.4, 0.5) is 5.69 Å². The topological polar surface area (TPSA) is 118 Å². The van der Waals surface area contributed by atoms with Crippen LogP contribution in [-0.2, 0) is 4.79 Å². The lowest BCUT2D eigenvalue weighted by Crippen LogP contribution is -2.26. The van der Waals surface area contributed by atoms with Crippen molar-refractivity contribution in [3.8, 4) is 12.1 Å². The Morgan fingerprint density at radius 2 is 1.95 bits per heavy atom. The zero-order valence-corrected chi connectivity index (χ0v) is 11.1. The van der Waals surface area contributed by atoms with E-state index in [2.05, 4.69) is 10.5 Å². The number of anilines is 1. The van der Waals surface area contributed by atoms with E-state index in [1.807, 2.05) is 12.1 Å². The predicted molar refractivity (Wildman–Crippen MR) is 76.3 cm³/mol. The Bertz CT molecular complexity index is 674. The number of hydrogen-bond donors (Lipinski definition) is 2. The molecule has 1 aromatic rings. The summed E-state index contributed by atoms with van der Waals surface area (Å²) in [4.78, 5) is 11.0. The van der Waals surface area contributed by atoms with Gasteiger partial charge in [0.2, 0.25) is 5.91 Å². The van der Waals surface area contributed by atoms with E-state index >= 15 is 0 Å². The Morgan fingerprint density at radius 3 is 2.48 bits per heavy atom. The van der Waals surface area contributed by atoms with Gasteiger partial charge in [0, 0.05) is 19.0 Å². The Kier molecular flexibility index (Phi) is 4.30. The summed E-state index contributed by atoms with van der Waals surface area (Å²) in [6, 6.07) is 10.6. The number of benzene rings is 1. The molecule has 0 fully saturated rings. The van der Waals surface area contributed by atoms with Crippen molar-refractivity contribution in [3.63, 3.8) is 0 Å². The molecule has 7 nitrogen and oxygen atoms in total. The number of nitrogens with zero attached hydrogens (tertiary/aromatic N) is 4. The molecule has 7 heteroatoms. The molecule has 1 aliphatic heterocycles. The van der Waals surface area contributed by atoms with Crippen molar-refractivity contribution in [1.82, 2.24) is 5.43 Å². The zero-order chi connectivity index (χ0) is 15.2. The van der Waals surface area contributed by atoms with E-state index in [0.29, 0.717) is 18.5 Å². The first kappa shape index (κ1) is 14.3. The average Bonchev–Trinajstić information content (AvgIpc) is 2.53. The number of nitrogens with one attached hydrogen (secondary N) is 1. The quantitative estimate of drug-likeness (QED) is 0.484. The largest absolute Gasteiger partial charge is 0.285 e. The van der Waals surface area contributed by atoms with Crippen LogP contribution < -0.4 is 16.3 Å². The Balaban J connectivity index is 2.17. The van der Waals surface area contributed by atoms with Gasteiger partial charge in [-0.3, -0.25) is 9.80 Å². The Morgan fingerprint density at radius 1 is 1.29 bits per heavy atom. The van der Waals surface area contributed by atoms with Crippen molar-refractivity contribution in [3.05, 3.63) is 41.6 Å². The molecule has 2 rings (SSSR count). The van der Waals surface area contributed by atoms with E-state index < -0.39 is 0 Å². The summed E-state index contributed by atoms with van der Waals surface area (Å²) < 4.78 is 0. The van der Waals surface area contributed by atoms with Gasteiger partial charge in [0.25, 0.3) is 0 Å². The second-order valence-electron chi connectivity index (χ2n) is 4.31. The van der Waals surface area contributed by atoms with Gasteiger partial charge in [0.15, 0.2) is 0 Å². The fourth-order valence-electron chi connectivity index (χ4n) is 1.80. The first-order valence-electron chi connectivity index (χ1n) is 6.16. The third-order valence-electron chi connectivity index (χ3n) is 2.91. The molecule has 1 aromatic carbocycles. The molecule has 0 spiro atoms. The predicted octanol–water partition coefficient (Wildman–Crippen LogP) is 0.912. The Hall–Kier alpha value is -3.16. The van der Waals surface area contributed by atoms with Crippen molar-refractivity contribution in [2.45, 2.75) is 12.8 Å². The maximum Gasteiger partial charge on any atom is 0.240 e. The number of hydrogen-bond acceptors (Lipinski definition) is 6. The number of nitrogens with two attached hydrogens (primary N) is 1. The Labute approximate surface area is 121 Å². The number of carbonyl (C=O) groups is 1. The van der Waals surface area contributed by atoms with E-state index in [4.69, 9.17) is 16.4 Å². The molecule has 21 heavy (non-hydrogen) atoms. The summed E-state index contributed by atoms with van der Waals surface area (Å²) >= 11 is 0. The minimum atomic E-state index is -0.0887. The molecule has 0 saturated heterocycles. The van der Waals surface area contributed by atoms with Gasteiger partial charge in [-0.15, -0.1) is 0 Å². The molecule has 3 N–H and O–H groups in total. The van der Waals surface area contributed by atoms with Gasteiger partial charge in [0.1, 0.15) is 17.7 Å². The number of rotatable bonds is 3. The van der Waals surface area contributed by atoms with Crippen molar-refractivity contribution in [2.24, 2.45) is 10.9 Å². The van der Waals surface area contributed by atoms with E-state index in [0.717, 1.165) is 11.3 Å². The van der Waals surface area contributed by atoms with Crippen molar-refractivity contribution >= 4 is 17.3 Å². The van der Waals surface area contributed by atoms with Crippen LogP contribution in [0.15, 0.2) is 41.1 Å². The van der Waals surface area contributed by atoms with Crippen LogP contribution in [0.3, 0.4) is 0 Å². The first-order valence-corrected chi connectivity index (χ1v) is 6.16. The molecule has 1 heterocycles. The fraction of sp³-hybridized carbons (Fsp3) is 0.143. The van der Waals surface area contributed by atoms with Gasteiger partial charge < -0.3 is 0 Å². The van der Waals surface area contributed by atoms with Gasteiger partial charge in [0.05, 0.1) is 11.4 Å². The molecule has 0 aliphatic carbocycles. The lowest BCUT2D eigenvalue weighted by molar-refractivity contribution is -0.121. The molecule has 0 aromatic heterocycles. The zero-order valence-electron chi connectivity index (χ0n) is 11.1. The highest BCUT2D eigenvalue weighted by atomic mass is 16.2. The van der Waals surface area contributed by atoms with Gasteiger partial charge in [-0.1, -0.05) is 12.1 Å². The number of carbonyl (C=O) groups excluding carboxylic acids is 1. The lowest BCUT2D eigenvalue weighted by Gasteiger charge is -2.15. The smallest absolute Gasteiger partial charge is 0.240 e. The molecule has 1 aliphatic rings. The van der Waals surface area contributed by atoms with Gasteiger partial charge in [-0.25, -0.2) is 11.3 Å². The van der Waals surface area contributed by atoms with Crippen molar-refractivity contribution in [2.75, 3.05) is 5.01 Å². The third kappa shape index (κ3) is 3.44. The van der Waals surface area contributed by atoms with Gasteiger partial charge >= 0.3 is 0 Å². The van der Waals surface area contributed by atoms with Gasteiger partial charge in [-0.05, 0) is 17.7 Å². The number of hydrazone groups is 1. The number of allylic oxidation sites excluding steroid dienone is 1. The highest BCUT2D eigenvalue weighted by molar-refractivity contribution is 6.04. The van der Waals surface area contributed by atoms with Gasteiger partial charge in [-0.2, -0.15) is 15.6 Å². The number of hydrazine groups is 1. The standard InChI is InChI=1S/C14H12N6O/c15-7-10(8-16)9-20(17)12-3-1-11(2-4-12)13-5-6-14(21)19-18-13/h1-4,9H,5-6,17H2,(H,19,21). The summed E-state index contributed by atoms with van der Waals surface area (Å²) in [7, 11) is 0. The molecular formula is C14H12N6O. The minimum Gasteiger partial charge on any atom is -0.285 e. The van der Waals surface area contributed by atoms with Crippen LogP contribution in [0.5, 0.6) is 0 Å². The molecule has 0 saturated carbocycles. The third-order valence-corrected chi connectivity index (χ3v) is 2.91. The number of amides is 1. The summed E-state index contributed by atoms with van der Waals surface area (Å²) in [6.07, 6.45) is 2.26. The van der Waals surface area contributed by atoms with Crippen LogP contribution in [0.25, 0.3) is 0 Å². The normalized spacial score (nSPS) is 13.3. The van der Waals surface area contributed by atoms with Crippen LogP contribution in [0.2, 0.25) is 0 Å². The first-order chi connectivity index (χ1) is 10.1. The van der Waals surface area contributed by atoms with E-state index in [9.17, 15) is 4.79 Å². The lowest BCUT2D eigenvalue weighted by atomic mass is 10.0. The average molecular weight is 280 g/mol. The van der Waals surface area contributed by atoms with E-state index in [1.54, 1.807) is 24.3 Å². The molecule has 1 amide bonds. The summed E-state index contributed by atoms with van der Waals surface area (Å²) in [5.41, 5.74) is 4.67. The maximum atomic E-state index is 11.0. The van der Waals surface area contributed by atoms with Crippen LogP contribution in [0, 0.1) is 22.7 Å². The molecule has 0 radical (unpaired) electrons. The summed E-state index contributed by atoms with van der Waals surface area (Å²) in [5.74, 6) is 5.67. The van der Waals surface area contributed by atoms with Crippen LogP contribution in [0.1, 0.15) is 18.4 Å².